The Balaban J connectivity index is 1.19. The third kappa shape index (κ3) is 4.61. The summed E-state index contributed by atoms with van der Waals surface area (Å²) in [5.41, 5.74) is 1.23. The lowest BCUT2D eigenvalue weighted by atomic mass is 10.1. The van der Waals surface area contributed by atoms with E-state index < -0.39 is 0 Å². The summed E-state index contributed by atoms with van der Waals surface area (Å²) < 4.78 is 5.20. The first-order chi connectivity index (χ1) is 13.1. The van der Waals surface area contributed by atoms with E-state index in [1.807, 2.05) is 17.0 Å². The van der Waals surface area contributed by atoms with E-state index in [2.05, 4.69) is 22.3 Å². The van der Waals surface area contributed by atoms with Gasteiger partial charge in [0.15, 0.2) is 0 Å². The van der Waals surface area contributed by atoms with Crippen LogP contribution in [0.15, 0.2) is 24.3 Å². The molecule has 6 heteroatoms. The lowest BCUT2D eigenvalue weighted by Crippen LogP contribution is -2.49. The Hall–Kier alpha value is -2.08. The van der Waals surface area contributed by atoms with Gasteiger partial charge in [0.2, 0.25) is 11.8 Å². The zero-order valence-corrected chi connectivity index (χ0v) is 16.0. The van der Waals surface area contributed by atoms with E-state index in [-0.39, 0.29) is 11.8 Å². The van der Waals surface area contributed by atoms with Gasteiger partial charge in [0, 0.05) is 51.1 Å². The van der Waals surface area contributed by atoms with Crippen LogP contribution in [-0.4, -0.2) is 67.5 Å². The van der Waals surface area contributed by atoms with Gasteiger partial charge in [-0.3, -0.25) is 14.5 Å². The highest BCUT2D eigenvalue weighted by Gasteiger charge is 2.46. The molecule has 2 aliphatic carbocycles. The van der Waals surface area contributed by atoms with Gasteiger partial charge in [0.25, 0.3) is 0 Å². The molecule has 1 N–H and O–H groups in total. The third-order valence-electron chi connectivity index (χ3n) is 5.93. The van der Waals surface area contributed by atoms with Gasteiger partial charge in [-0.15, -0.1) is 0 Å². The number of amides is 2. The maximum Gasteiger partial charge on any atom is 0.226 e. The van der Waals surface area contributed by atoms with E-state index in [9.17, 15) is 9.59 Å². The van der Waals surface area contributed by atoms with Crippen molar-refractivity contribution in [3.8, 4) is 5.75 Å². The fourth-order valence-corrected chi connectivity index (χ4v) is 3.90. The number of benzene rings is 1. The predicted octanol–water partition coefficient (Wildman–Crippen LogP) is 1.61. The van der Waals surface area contributed by atoms with Crippen LogP contribution in [0.2, 0.25) is 0 Å². The number of nitrogens with one attached hydrogen (secondary N) is 1. The molecule has 1 aliphatic heterocycles. The van der Waals surface area contributed by atoms with Crippen molar-refractivity contribution in [3.05, 3.63) is 29.8 Å². The summed E-state index contributed by atoms with van der Waals surface area (Å²) >= 11 is 0. The molecule has 2 saturated carbocycles. The standard InChI is InChI=1S/C21H29N3O3/c1-27-17-6-2-15(3-7-17)18-14-19(18)21(26)24-12-10-23(11-13-24)9-8-20(25)22-16-4-5-16/h2-3,6-7,16,18-19H,4-5,8-14H2,1H3,(H,22,25)/t18-,19+/m0/s1. The molecule has 3 fully saturated rings. The molecule has 1 aromatic rings. The molecule has 0 aromatic heterocycles. The molecule has 6 nitrogen and oxygen atoms in total. The maximum absolute atomic E-state index is 12.8. The summed E-state index contributed by atoms with van der Waals surface area (Å²) in [5.74, 6) is 1.80. The van der Waals surface area contributed by atoms with Crippen molar-refractivity contribution in [2.75, 3.05) is 39.8 Å². The second-order valence-corrected chi connectivity index (χ2v) is 7.98. The fraction of sp³-hybridized carbons (Fsp3) is 0.619. The molecular weight excluding hydrogens is 342 g/mol. The quantitative estimate of drug-likeness (QED) is 0.791. The minimum Gasteiger partial charge on any atom is -0.497 e. The number of nitrogens with zero attached hydrogens (tertiary/aromatic N) is 2. The first-order valence-electron chi connectivity index (χ1n) is 10.1. The lowest BCUT2D eigenvalue weighted by Gasteiger charge is -2.34. The Morgan fingerprint density at radius 1 is 1.11 bits per heavy atom. The molecule has 146 valence electrons. The number of hydrogen-bond donors (Lipinski definition) is 1. The highest BCUT2D eigenvalue weighted by atomic mass is 16.5. The van der Waals surface area contributed by atoms with E-state index in [1.54, 1.807) is 7.11 Å². The zero-order chi connectivity index (χ0) is 18.8. The Labute approximate surface area is 160 Å². The topological polar surface area (TPSA) is 61.9 Å². The molecule has 27 heavy (non-hydrogen) atoms. The van der Waals surface area contributed by atoms with Crippen molar-refractivity contribution < 1.29 is 14.3 Å². The van der Waals surface area contributed by atoms with Crippen LogP contribution >= 0.6 is 0 Å². The summed E-state index contributed by atoms with van der Waals surface area (Å²) in [4.78, 5) is 28.9. The predicted molar refractivity (Wildman–Crippen MR) is 103 cm³/mol. The van der Waals surface area contributed by atoms with E-state index >= 15 is 0 Å². The van der Waals surface area contributed by atoms with Gasteiger partial charge < -0.3 is 15.0 Å². The minimum atomic E-state index is 0.134. The van der Waals surface area contributed by atoms with Crippen LogP contribution in [0.25, 0.3) is 0 Å². The number of hydrogen-bond acceptors (Lipinski definition) is 4. The number of methoxy groups -OCH3 is 1. The lowest BCUT2D eigenvalue weighted by molar-refractivity contribution is -0.134. The number of ether oxygens (including phenoxy) is 1. The Bertz CT molecular complexity index is 678. The van der Waals surface area contributed by atoms with Crippen LogP contribution in [0, 0.1) is 5.92 Å². The van der Waals surface area contributed by atoms with Gasteiger partial charge in [-0.25, -0.2) is 0 Å². The fourth-order valence-electron chi connectivity index (χ4n) is 3.90. The molecule has 1 aromatic carbocycles. The summed E-state index contributed by atoms with van der Waals surface area (Å²) in [6, 6.07) is 8.51. The molecule has 2 amide bonds. The molecule has 0 bridgehead atoms. The van der Waals surface area contributed by atoms with Crippen molar-refractivity contribution in [1.29, 1.82) is 0 Å². The van der Waals surface area contributed by atoms with Crippen LogP contribution in [0.1, 0.15) is 37.2 Å². The van der Waals surface area contributed by atoms with Crippen molar-refractivity contribution >= 4 is 11.8 Å². The zero-order valence-electron chi connectivity index (χ0n) is 16.0. The van der Waals surface area contributed by atoms with E-state index in [0.29, 0.717) is 24.3 Å². The van der Waals surface area contributed by atoms with Crippen molar-refractivity contribution in [3.63, 3.8) is 0 Å². The van der Waals surface area contributed by atoms with Crippen LogP contribution in [-0.2, 0) is 9.59 Å². The average molecular weight is 371 g/mol. The molecule has 1 heterocycles. The monoisotopic (exact) mass is 371 g/mol. The number of rotatable bonds is 7. The Morgan fingerprint density at radius 2 is 1.81 bits per heavy atom. The Kier molecular flexibility index (Phi) is 5.34. The van der Waals surface area contributed by atoms with E-state index in [0.717, 1.165) is 57.7 Å². The molecule has 2 atom stereocenters. The largest absolute Gasteiger partial charge is 0.497 e. The SMILES string of the molecule is COc1ccc([C@@H]2C[C@H]2C(=O)N2CCN(CCC(=O)NC3CC3)CC2)cc1. The summed E-state index contributed by atoms with van der Waals surface area (Å²) in [5, 5.41) is 3.03. The third-order valence-corrected chi connectivity index (χ3v) is 5.93. The van der Waals surface area contributed by atoms with Crippen molar-refractivity contribution in [1.82, 2.24) is 15.1 Å². The van der Waals surface area contributed by atoms with Gasteiger partial charge in [-0.1, -0.05) is 12.1 Å². The normalized spacial score (nSPS) is 25.1. The van der Waals surface area contributed by atoms with Crippen LogP contribution in [0.3, 0.4) is 0 Å². The minimum absolute atomic E-state index is 0.134. The van der Waals surface area contributed by atoms with Gasteiger partial charge in [-0.05, 0) is 42.9 Å². The highest BCUT2D eigenvalue weighted by Crippen LogP contribution is 2.48. The van der Waals surface area contributed by atoms with E-state index in [1.165, 1.54) is 5.56 Å². The molecule has 0 unspecified atom stereocenters. The first kappa shape index (κ1) is 18.3. The van der Waals surface area contributed by atoms with Crippen LogP contribution in [0.5, 0.6) is 5.75 Å². The number of piperazine rings is 1. The molecule has 1 saturated heterocycles. The maximum atomic E-state index is 12.8. The second-order valence-electron chi connectivity index (χ2n) is 7.98. The highest BCUT2D eigenvalue weighted by molar-refractivity contribution is 5.83. The molecule has 0 spiro atoms. The van der Waals surface area contributed by atoms with Gasteiger partial charge in [0.1, 0.15) is 5.75 Å². The van der Waals surface area contributed by atoms with Crippen LogP contribution in [0.4, 0.5) is 0 Å². The summed E-state index contributed by atoms with van der Waals surface area (Å²) in [6.07, 6.45) is 3.77. The van der Waals surface area contributed by atoms with Gasteiger partial charge in [-0.2, -0.15) is 0 Å². The molecule has 3 aliphatic rings. The van der Waals surface area contributed by atoms with E-state index in [4.69, 9.17) is 4.74 Å². The van der Waals surface area contributed by atoms with Crippen molar-refractivity contribution in [2.24, 2.45) is 5.92 Å². The number of carbonyl (C=O) groups excluding carboxylic acids is 2. The average Bonchev–Trinajstić information content (AvgIpc) is 3.61. The van der Waals surface area contributed by atoms with Crippen molar-refractivity contribution in [2.45, 2.75) is 37.6 Å². The Morgan fingerprint density at radius 3 is 2.44 bits per heavy atom. The molecule has 4 rings (SSSR count). The molecular formula is C21H29N3O3. The van der Waals surface area contributed by atoms with Gasteiger partial charge in [0.05, 0.1) is 7.11 Å². The summed E-state index contributed by atoms with van der Waals surface area (Å²) in [7, 11) is 1.66. The molecule has 0 radical (unpaired) electrons. The summed E-state index contributed by atoms with van der Waals surface area (Å²) in [6.45, 7) is 4.06. The smallest absolute Gasteiger partial charge is 0.226 e. The first-order valence-corrected chi connectivity index (χ1v) is 10.1. The number of carbonyl (C=O) groups is 2. The second kappa shape index (κ2) is 7.89. The van der Waals surface area contributed by atoms with Gasteiger partial charge >= 0.3 is 0 Å². The van der Waals surface area contributed by atoms with Crippen LogP contribution < -0.4 is 10.1 Å².